The molecule has 0 radical (unpaired) electrons. The first kappa shape index (κ1) is 17.0. The van der Waals surface area contributed by atoms with Gasteiger partial charge in [-0.15, -0.1) is 0 Å². The molecule has 4 rings (SSSR count). The zero-order valence-electron chi connectivity index (χ0n) is 14.0. The summed E-state index contributed by atoms with van der Waals surface area (Å²) in [6, 6.07) is 9.74. The van der Waals surface area contributed by atoms with Crippen molar-refractivity contribution < 1.29 is 28.2 Å². The Morgan fingerprint density at radius 3 is 2.67 bits per heavy atom. The van der Waals surface area contributed by atoms with Crippen molar-refractivity contribution in [2.24, 2.45) is 0 Å². The lowest BCUT2D eigenvalue weighted by atomic mass is 9.82. The fourth-order valence-corrected chi connectivity index (χ4v) is 3.36. The fourth-order valence-electron chi connectivity index (χ4n) is 3.36. The molecule has 2 unspecified atom stereocenters. The van der Waals surface area contributed by atoms with E-state index in [1.165, 1.54) is 18.2 Å². The summed E-state index contributed by atoms with van der Waals surface area (Å²) in [4.78, 5) is 34.9. The number of benzene rings is 2. The van der Waals surface area contributed by atoms with Gasteiger partial charge in [0.2, 0.25) is 0 Å². The summed E-state index contributed by atoms with van der Waals surface area (Å²) in [6.07, 6.45) is 0.265. The maximum Gasteiger partial charge on any atom is 0.322 e. The molecule has 2 atom stereocenters. The van der Waals surface area contributed by atoms with Gasteiger partial charge in [0.15, 0.2) is 5.54 Å². The van der Waals surface area contributed by atoms with Gasteiger partial charge in [0.25, 0.3) is 5.91 Å². The molecule has 2 aliphatic heterocycles. The number of aldehydes is 1. The summed E-state index contributed by atoms with van der Waals surface area (Å²) in [5.74, 6) is -0.244. The molecule has 1 saturated heterocycles. The van der Waals surface area contributed by atoms with Crippen molar-refractivity contribution in [1.82, 2.24) is 10.6 Å². The van der Waals surface area contributed by atoms with E-state index in [0.717, 1.165) is 6.29 Å². The monoisotopic (exact) mass is 370 g/mol. The Morgan fingerprint density at radius 1 is 1.22 bits per heavy atom. The van der Waals surface area contributed by atoms with Crippen molar-refractivity contribution in [3.05, 3.63) is 59.4 Å². The second-order valence-electron chi connectivity index (χ2n) is 6.40. The van der Waals surface area contributed by atoms with Crippen LogP contribution in [-0.4, -0.2) is 30.9 Å². The number of ether oxygens (including phenoxy) is 2. The molecule has 2 aromatic carbocycles. The van der Waals surface area contributed by atoms with Gasteiger partial charge in [-0.3, -0.25) is 14.9 Å². The third kappa shape index (κ3) is 2.99. The number of amides is 3. The highest BCUT2D eigenvalue weighted by Crippen LogP contribution is 2.41. The van der Waals surface area contributed by atoms with Crippen molar-refractivity contribution in [3.8, 4) is 11.5 Å². The van der Waals surface area contributed by atoms with Crippen molar-refractivity contribution >= 4 is 18.2 Å². The molecule has 2 heterocycles. The SMILES string of the molecule is O=Cc1ccc(OCC2CC3(NC(=O)NC3=O)c3cc(F)ccc3O2)cc1. The average molecular weight is 370 g/mol. The van der Waals surface area contributed by atoms with Gasteiger partial charge in [-0.2, -0.15) is 0 Å². The average Bonchev–Trinajstić information content (AvgIpc) is 2.94. The summed E-state index contributed by atoms with van der Waals surface area (Å²) < 4.78 is 25.3. The lowest BCUT2D eigenvalue weighted by molar-refractivity contribution is -0.126. The van der Waals surface area contributed by atoms with Gasteiger partial charge < -0.3 is 14.8 Å². The fraction of sp³-hybridized carbons (Fsp3) is 0.211. The first-order valence-corrected chi connectivity index (χ1v) is 8.28. The first-order valence-electron chi connectivity index (χ1n) is 8.28. The molecule has 2 N–H and O–H groups in total. The van der Waals surface area contributed by atoms with E-state index in [0.29, 0.717) is 17.1 Å². The van der Waals surface area contributed by atoms with Gasteiger partial charge in [0, 0.05) is 17.5 Å². The van der Waals surface area contributed by atoms with Gasteiger partial charge in [-0.05, 0) is 42.5 Å². The highest BCUT2D eigenvalue weighted by molar-refractivity contribution is 6.08. The molecule has 0 aliphatic carbocycles. The van der Waals surface area contributed by atoms with Crippen molar-refractivity contribution in [2.75, 3.05) is 6.61 Å². The lowest BCUT2D eigenvalue weighted by Crippen LogP contribution is -2.51. The van der Waals surface area contributed by atoms with Crippen LogP contribution in [0.5, 0.6) is 11.5 Å². The number of rotatable bonds is 4. The summed E-state index contributed by atoms with van der Waals surface area (Å²) >= 11 is 0. The zero-order chi connectivity index (χ0) is 19.0. The van der Waals surface area contributed by atoms with Gasteiger partial charge in [-0.25, -0.2) is 9.18 Å². The number of urea groups is 1. The molecule has 0 saturated carbocycles. The summed E-state index contributed by atoms with van der Waals surface area (Å²) in [6.45, 7) is 0.0994. The topological polar surface area (TPSA) is 93.7 Å². The Morgan fingerprint density at radius 2 is 2.00 bits per heavy atom. The molecule has 1 fully saturated rings. The zero-order valence-corrected chi connectivity index (χ0v) is 14.0. The Hall–Kier alpha value is -3.42. The highest BCUT2D eigenvalue weighted by atomic mass is 19.1. The van der Waals surface area contributed by atoms with Crippen LogP contribution in [0.3, 0.4) is 0 Å². The standard InChI is InChI=1S/C19H15FN2O5/c20-12-3-6-16-15(7-12)19(17(24)21-18(25)22-19)8-14(27-16)10-26-13-4-1-11(9-23)2-5-13/h1-7,9,14H,8,10H2,(H2,21,22,24,25). The van der Waals surface area contributed by atoms with E-state index in [4.69, 9.17) is 9.47 Å². The summed E-state index contributed by atoms with van der Waals surface area (Å²) in [7, 11) is 0. The van der Waals surface area contributed by atoms with Gasteiger partial charge in [0.05, 0.1) is 0 Å². The Kier molecular flexibility index (Phi) is 4.02. The second kappa shape index (κ2) is 6.39. The summed E-state index contributed by atoms with van der Waals surface area (Å²) in [5.41, 5.74) is -0.601. The van der Waals surface area contributed by atoms with Gasteiger partial charge >= 0.3 is 6.03 Å². The molecule has 0 aromatic heterocycles. The molecule has 3 amide bonds. The van der Waals surface area contributed by atoms with Crippen LogP contribution in [0.2, 0.25) is 0 Å². The molecule has 27 heavy (non-hydrogen) atoms. The quantitative estimate of drug-likeness (QED) is 0.633. The largest absolute Gasteiger partial charge is 0.490 e. The summed E-state index contributed by atoms with van der Waals surface area (Å²) in [5, 5.41) is 4.81. The van der Waals surface area contributed by atoms with Gasteiger partial charge in [0.1, 0.15) is 36.3 Å². The first-order chi connectivity index (χ1) is 13.0. The second-order valence-corrected chi connectivity index (χ2v) is 6.40. The van der Waals surface area contributed by atoms with Gasteiger partial charge in [-0.1, -0.05) is 0 Å². The molecule has 2 aliphatic rings. The normalized spacial score (nSPS) is 23.2. The number of halogens is 1. The maximum atomic E-state index is 13.7. The predicted molar refractivity (Wildman–Crippen MR) is 91.1 cm³/mol. The Balaban J connectivity index is 1.59. The number of carbonyl (C=O) groups is 3. The van der Waals surface area contributed by atoms with Crippen LogP contribution in [0.25, 0.3) is 0 Å². The molecule has 2 aromatic rings. The molecule has 7 nitrogen and oxygen atoms in total. The molecule has 8 heteroatoms. The molecule has 0 bridgehead atoms. The van der Waals surface area contributed by atoms with Crippen molar-refractivity contribution in [2.45, 2.75) is 18.1 Å². The minimum Gasteiger partial charge on any atom is -0.490 e. The van der Waals surface area contributed by atoms with Crippen LogP contribution in [0, 0.1) is 5.82 Å². The van der Waals surface area contributed by atoms with Crippen LogP contribution in [-0.2, 0) is 10.3 Å². The van der Waals surface area contributed by atoms with E-state index in [9.17, 15) is 18.8 Å². The van der Waals surface area contributed by atoms with Crippen molar-refractivity contribution in [3.63, 3.8) is 0 Å². The van der Waals surface area contributed by atoms with Crippen LogP contribution < -0.4 is 20.1 Å². The van der Waals surface area contributed by atoms with Crippen LogP contribution in [0.4, 0.5) is 9.18 Å². The Bertz CT molecular complexity index is 930. The van der Waals surface area contributed by atoms with E-state index in [1.54, 1.807) is 24.3 Å². The third-order valence-electron chi connectivity index (χ3n) is 4.62. The minimum atomic E-state index is -1.40. The molecule has 138 valence electrons. The molecule has 1 spiro atoms. The Labute approximate surface area is 153 Å². The van der Waals surface area contributed by atoms with E-state index >= 15 is 0 Å². The van der Waals surface area contributed by atoms with E-state index < -0.39 is 29.4 Å². The lowest BCUT2D eigenvalue weighted by Gasteiger charge is -2.37. The third-order valence-corrected chi connectivity index (χ3v) is 4.62. The van der Waals surface area contributed by atoms with Crippen LogP contribution in [0.1, 0.15) is 22.3 Å². The number of hydrogen-bond acceptors (Lipinski definition) is 5. The molecular formula is C19H15FN2O5. The number of imide groups is 1. The number of fused-ring (bicyclic) bond motifs is 2. The van der Waals surface area contributed by atoms with Crippen LogP contribution in [0.15, 0.2) is 42.5 Å². The number of hydrogen-bond donors (Lipinski definition) is 2. The van der Waals surface area contributed by atoms with E-state index in [-0.39, 0.29) is 18.6 Å². The van der Waals surface area contributed by atoms with Crippen molar-refractivity contribution in [1.29, 1.82) is 0 Å². The number of nitrogens with one attached hydrogen (secondary N) is 2. The van der Waals surface area contributed by atoms with Crippen LogP contribution >= 0.6 is 0 Å². The van der Waals surface area contributed by atoms with E-state index in [1.807, 2.05) is 0 Å². The van der Waals surface area contributed by atoms with E-state index in [2.05, 4.69) is 10.6 Å². The predicted octanol–water partition coefficient (Wildman–Crippen LogP) is 1.90. The number of carbonyl (C=O) groups excluding carboxylic acids is 3. The minimum absolute atomic E-state index is 0.0907. The maximum absolute atomic E-state index is 13.7. The smallest absolute Gasteiger partial charge is 0.322 e. The highest BCUT2D eigenvalue weighted by Gasteiger charge is 2.53. The molecular weight excluding hydrogens is 355 g/mol.